The molecule has 1 aliphatic heterocycles. The standard InChI is InChI=1S/C16H19NO2/c1-4-14(10-13-8-6-5-7-9-13)17-15(12(2)3)11-19-16(17)18/h4-10,12,15H,1,11H2,2-3H3/b14-10+/t15-/m1/s1. The zero-order chi connectivity index (χ0) is 13.8. The van der Waals surface area contributed by atoms with Gasteiger partial charge in [-0.05, 0) is 23.6 Å². The SMILES string of the molecule is C=C/C(=C\c1ccccc1)N1C(=O)OC[C@@H]1C(C)C. The molecule has 1 atom stereocenters. The Bertz CT molecular complexity index is 491. The van der Waals surface area contributed by atoms with Crippen LogP contribution in [-0.2, 0) is 4.74 Å². The van der Waals surface area contributed by atoms with E-state index in [1.165, 1.54) is 0 Å². The van der Waals surface area contributed by atoms with Crippen LogP contribution in [0.2, 0.25) is 0 Å². The molecule has 1 amide bonds. The molecule has 1 heterocycles. The molecule has 3 nitrogen and oxygen atoms in total. The first-order valence-corrected chi connectivity index (χ1v) is 6.48. The average Bonchev–Trinajstić information content (AvgIpc) is 2.79. The van der Waals surface area contributed by atoms with E-state index in [0.717, 1.165) is 11.3 Å². The molecule has 0 N–H and O–H groups in total. The number of hydrogen-bond acceptors (Lipinski definition) is 2. The van der Waals surface area contributed by atoms with Crippen LogP contribution in [0.5, 0.6) is 0 Å². The lowest BCUT2D eigenvalue weighted by Gasteiger charge is -2.25. The van der Waals surface area contributed by atoms with Gasteiger partial charge in [0.15, 0.2) is 0 Å². The number of amides is 1. The van der Waals surface area contributed by atoms with E-state index in [0.29, 0.717) is 12.5 Å². The summed E-state index contributed by atoms with van der Waals surface area (Å²) in [6.45, 7) is 8.43. The van der Waals surface area contributed by atoms with Crippen molar-refractivity contribution in [3.63, 3.8) is 0 Å². The van der Waals surface area contributed by atoms with Crippen molar-refractivity contribution in [3.8, 4) is 0 Å². The normalized spacial score (nSPS) is 19.7. The molecule has 1 fully saturated rings. The second kappa shape index (κ2) is 5.74. The third-order valence-electron chi connectivity index (χ3n) is 3.28. The molecule has 0 bridgehead atoms. The topological polar surface area (TPSA) is 29.5 Å². The number of benzene rings is 1. The average molecular weight is 257 g/mol. The molecule has 1 aliphatic rings. The third-order valence-corrected chi connectivity index (χ3v) is 3.28. The molecule has 1 aromatic rings. The van der Waals surface area contributed by atoms with Crippen molar-refractivity contribution in [2.45, 2.75) is 19.9 Å². The number of carbonyl (C=O) groups excluding carboxylic acids is 1. The van der Waals surface area contributed by atoms with Crippen LogP contribution in [0, 0.1) is 5.92 Å². The first kappa shape index (κ1) is 13.4. The number of ether oxygens (including phenoxy) is 1. The summed E-state index contributed by atoms with van der Waals surface area (Å²) in [6, 6.07) is 9.96. The maximum atomic E-state index is 11.9. The summed E-state index contributed by atoms with van der Waals surface area (Å²) in [5.41, 5.74) is 1.83. The molecule has 0 unspecified atom stereocenters. The fourth-order valence-electron chi connectivity index (χ4n) is 2.17. The quantitative estimate of drug-likeness (QED) is 0.770. The lowest BCUT2D eigenvalue weighted by atomic mass is 10.0. The van der Waals surface area contributed by atoms with Gasteiger partial charge < -0.3 is 4.74 Å². The predicted octanol–water partition coefficient (Wildman–Crippen LogP) is 3.69. The molecule has 19 heavy (non-hydrogen) atoms. The van der Waals surface area contributed by atoms with Gasteiger partial charge in [0, 0.05) is 5.70 Å². The van der Waals surface area contributed by atoms with Gasteiger partial charge in [-0.15, -0.1) is 0 Å². The second-order valence-electron chi connectivity index (χ2n) is 4.94. The number of hydrogen-bond donors (Lipinski definition) is 0. The van der Waals surface area contributed by atoms with E-state index in [4.69, 9.17) is 4.74 Å². The Morgan fingerprint density at radius 3 is 2.68 bits per heavy atom. The highest BCUT2D eigenvalue weighted by molar-refractivity contribution is 5.75. The monoisotopic (exact) mass is 257 g/mol. The van der Waals surface area contributed by atoms with Gasteiger partial charge in [0.05, 0.1) is 6.04 Å². The summed E-state index contributed by atoms with van der Waals surface area (Å²) in [7, 11) is 0. The minimum atomic E-state index is -0.291. The van der Waals surface area contributed by atoms with Crippen molar-refractivity contribution < 1.29 is 9.53 Å². The molecule has 100 valence electrons. The minimum Gasteiger partial charge on any atom is -0.447 e. The van der Waals surface area contributed by atoms with E-state index in [2.05, 4.69) is 20.4 Å². The molecule has 0 aliphatic carbocycles. The van der Waals surface area contributed by atoms with E-state index in [1.54, 1.807) is 11.0 Å². The molecule has 0 spiro atoms. The molecular weight excluding hydrogens is 238 g/mol. The van der Waals surface area contributed by atoms with Crippen molar-refractivity contribution in [2.24, 2.45) is 5.92 Å². The van der Waals surface area contributed by atoms with Crippen molar-refractivity contribution in [1.82, 2.24) is 4.90 Å². The number of cyclic esters (lactones) is 1. The Hall–Kier alpha value is -2.03. The van der Waals surface area contributed by atoms with Gasteiger partial charge in [-0.3, -0.25) is 4.90 Å². The Balaban J connectivity index is 2.33. The van der Waals surface area contributed by atoms with Crippen molar-refractivity contribution in [3.05, 3.63) is 54.2 Å². The first-order valence-electron chi connectivity index (χ1n) is 6.48. The highest BCUT2D eigenvalue weighted by Gasteiger charge is 2.36. The highest BCUT2D eigenvalue weighted by Crippen LogP contribution is 2.26. The van der Waals surface area contributed by atoms with Crippen LogP contribution >= 0.6 is 0 Å². The molecular formula is C16H19NO2. The van der Waals surface area contributed by atoms with Crippen LogP contribution in [0.15, 0.2) is 48.7 Å². The van der Waals surface area contributed by atoms with Crippen LogP contribution in [0.4, 0.5) is 4.79 Å². The first-order chi connectivity index (χ1) is 9.13. The van der Waals surface area contributed by atoms with Crippen molar-refractivity contribution in [2.75, 3.05) is 6.61 Å². The van der Waals surface area contributed by atoms with Gasteiger partial charge >= 0.3 is 6.09 Å². The number of rotatable bonds is 4. The number of carbonyl (C=O) groups is 1. The Morgan fingerprint density at radius 2 is 2.11 bits per heavy atom. The summed E-state index contributed by atoms with van der Waals surface area (Å²) in [5.74, 6) is 0.338. The van der Waals surface area contributed by atoms with Crippen LogP contribution in [0.1, 0.15) is 19.4 Å². The van der Waals surface area contributed by atoms with Gasteiger partial charge in [0.25, 0.3) is 0 Å². The predicted molar refractivity (Wildman–Crippen MR) is 76.4 cm³/mol. The van der Waals surface area contributed by atoms with E-state index in [1.807, 2.05) is 36.4 Å². The van der Waals surface area contributed by atoms with Crippen LogP contribution in [0.3, 0.4) is 0 Å². The smallest absolute Gasteiger partial charge is 0.414 e. The maximum Gasteiger partial charge on any atom is 0.414 e. The lowest BCUT2D eigenvalue weighted by molar-refractivity contribution is 0.165. The maximum absolute atomic E-state index is 11.9. The zero-order valence-corrected chi connectivity index (χ0v) is 11.4. The van der Waals surface area contributed by atoms with E-state index in [9.17, 15) is 4.79 Å². The summed E-state index contributed by atoms with van der Waals surface area (Å²) < 4.78 is 5.16. The second-order valence-corrected chi connectivity index (χ2v) is 4.94. The summed E-state index contributed by atoms with van der Waals surface area (Å²) in [4.78, 5) is 13.6. The molecule has 0 aromatic heterocycles. The molecule has 1 saturated heterocycles. The van der Waals surface area contributed by atoms with Crippen LogP contribution < -0.4 is 0 Å². The summed E-state index contributed by atoms with van der Waals surface area (Å²) in [6.07, 6.45) is 3.37. The lowest BCUT2D eigenvalue weighted by Crippen LogP contribution is -2.35. The number of allylic oxidation sites excluding steroid dienone is 1. The summed E-state index contributed by atoms with van der Waals surface area (Å²) >= 11 is 0. The molecule has 3 heteroatoms. The third kappa shape index (κ3) is 2.87. The zero-order valence-electron chi connectivity index (χ0n) is 11.4. The molecule has 0 saturated carbocycles. The highest BCUT2D eigenvalue weighted by atomic mass is 16.6. The fraction of sp³-hybridized carbons (Fsp3) is 0.312. The fourth-order valence-corrected chi connectivity index (χ4v) is 2.17. The Morgan fingerprint density at radius 1 is 1.42 bits per heavy atom. The van der Waals surface area contributed by atoms with E-state index < -0.39 is 0 Å². The van der Waals surface area contributed by atoms with Crippen molar-refractivity contribution >= 4 is 12.2 Å². The largest absolute Gasteiger partial charge is 0.447 e. The Labute approximate surface area is 114 Å². The van der Waals surface area contributed by atoms with Gasteiger partial charge in [0.1, 0.15) is 6.61 Å². The van der Waals surface area contributed by atoms with E-state index >= 15 is 0 Å². The molecule has 2 rings (SSSR count). The van der Waals surface area contributed by atoms with Crippen molar-refractivity contribution in [1.29, 1.82) is 0 Å². The molecule has 1 aromatic carbocycles. The van der Waals surface area contributed by atoms with Crippen LogP contribution in [-0.4, -0.2) is 23.6 Å². The van der Waals surface area contributed by atoms with Gasteiger partial charge in [0.2, 0.25) is 0 Å². The molecule has 0 radical (unpaired) electrons. The van der Waals surface area contributed by atoms with Gasteiger partial charge in [-0.2, -0.15) is 0 Å². The summed E-state index contributed by atoms with van der Waals surface area (Å²) in [5, 5.41) is 0. The van der Waals surface area contributed by atoms with Gasteiger partial charge in [-0.25, -0.2) is 4.79 Å². The van der Waals surface area contributed by atoms with Gasteiger partial charge in [-0.1, -0.05) is 50.8 Å². The number of nitrogens with zero attached hydrogens (tertiary/aromatic N) is 1. The van der Waals surface area contributed by atoms with E-state index in [-0.39, 0.29) is 12.1 Å². The minimum absolute atomic E-state index is 0.0699. The van der Waals surface area contributed by atoms with Crippen LogP contribution in [0.25, 0.3) is 6.08 Å². The Kier molecular flexibility index (Phi) is 4.05.